The molecule has 0 N–H and O–H groups in total. The summed E-state index contributed by atoms with van der Waals surface area (Å²) in [6.45, 7) is 5.04. The van der Waals surface area contributed by atoms with E-state index in [4.69, 9.17) is 0 Å². The van der Waals surface area contributed by atoms with Crippen LogP contribution in [0.2, 0.25) is 0 Å². The third-order valence-corrected chi connectivity index (χ3v) is 3.50. The molecule has 2 rings (SSSR count). The summed E-state index contributed by atoms with van der Waals surface area (Å²) in [6.07, 6.45) is 3.44. The third kappa shape index (κ3) is 2.96. The molecule has 1 aromatic carbocycles. The van der Waals surface area contributed by atoms with E-state index in [1.54, 1.807) is 12.1 Å². The van der Waals surface area contributed by atoms with Crippen molar-refractivity contribution in [2.45, 2.75) is 45.2 Å². The van der Waals surface area contributed by atoms with E-state index in [9.17, 15) is 9.18 Å². The highest BCUT2D eigenvalue weighted by Crippen LogP contribution is 2.29. The number of nitrogens with zero attached hydrogens (tertiary/aromatic N) is 1. The van der Waals surface area contributed by atoms with Crippen molar-refractivity contribution in [1.29, 1.82) is 0 Å². The van der Waals surface area contributed by atoms with Gasteiger partial charge in [-0.3, -0.25) is 9.69 Å². The lowest BCUT2D eigenvalue weighted by atomic mass is 10.0. The summed E-state index contributed by atoms with van der Waals surface area (Å²) in [7, 11) is 0. The Balaban J connectivity index is 2.08. The lowest BCUT2D eigenvalue weighted by molar-refractivity contribution is 0.0826. The first-order valence-corrected chi connectivity index (χ1v) is 6.69. The maximum atomic E-state index is 12.8. The van der Waals surface area contributed by atoms with Crippen LogP contribution in [0.3, 0.4) is 0 Å². The monoisotopic (exact) mass is 249 g/mol. The molecule has 1 saturated carbocycles. The van der Waals surface area contributed by atoms with Gasteiger partial charge in [0.05, 0.1) is 6.04 Å². The molecule has 0 radical (unpaired) electrons. The topological polar surface area (TPSA) is 20.3 Å². The van der Waals surface area contributed by atoms with Gasteiger partial charge < -0.3 is 0 Å². The van der Waals surface area contributed by atoms with Gasteiger partial charge in [0.25, 0.3) is 0 Å². The number of hydrogen-bond donors (Lipinski definition) is 0. The first-order chi connectivity index (χ1) is 8.63. The van der Waals surface area contributed by atoms with Crippen molar-refractivity contribution in [2.75, 3.05) is 6.54 Å². The van der Waals surface area contributed by atoms with Crippen LogP contribution in [0.15, 0.2) is 24.3 Å². The van der Waals surface area contributed by atoms with Gasteiger partial charge in [-0.25, -0.2) is 4.39 Å². The van der Waals surface area contributed by atoms with Crippen molar-refractivity contribution in [2.24, 2.45) is 0 Å². The Morgan fingerprint density at radius 2 is 2.00 bits per heavy atom. The van der Waals surface area contributed by atoms with Gasteiger partial charge in [-0.15, -0.1) is 0 Å². The third-order valence-electron chi connectivity index (χ3n) is 3.50. The molecule has 0 saturated heterocycles. The van der Waals surface area contributed by atoms with Gasteiger partial charge in [-0.2, -0.15) is 0 Å². The molecule has 0 amide bonds. The van der Waals surface area contributed by atoms with Gasteiger partial charge in [0.2, 0.25) is 0 Å². The van der Waals surface area contributed by atoms with Crippen molar-refractivity contribution < 1.29 is 9.18 Å². The van der Waals surface area contributed by atoms with Crippen molar-refractivity contribution in [3.63, 3.8) is 0 Å². The Morgan fingerprint density at radius 3 is 2.50 bits per heavy atom. The van der Waals surface area contributed by atoms with Gasteiger partial charge in [0.1, 0.15) is 5.82 Å². The molecule has 0 aromatic heterocycles. The maximum absolute atomic E-state index is 12.8. The number of ketones is 1. The Hall–Kier alpha value is -1.22. The van der Waals surface area contributed by atoms with Crippen molar-refractivity contribution >= 4 is 5.78 Å². The Kier molecular flexibility index (Phi) is 4.12. The van der Waals surface area contributed by atoms with Crippen LogP contribution in [0.1, 0.15) is 43.5 Å². The second kappa shape index (κ2) is 5.61. The zero-order chi connectivity index (χ0) is 13.1. The molecular weight excluding hydrogens is 229 g/mol. The molecule has 1 fully saturated rings. The van der Waals surface area contributed by atoms with Gasteiger partial charge >= 0.3 is 0 Å². The predicted octanol–water partition coefficient (Wildman–Crippen LogP) is 3.27. The summed E-state index contributed by atoms with van der Waals surface area (Å²) < 4.78 is 12.8. The molecule has 0 heterocycles. The van der Waals surface area contributed by atoms with Crippen molar-refractivity contribution in [3.05, 3.63) is 35.6 Å². The van der Waals surface area contributed by atoms with E-state index >= 15 is 0 Å². The minimum absolute atomic E-state index is 0.0929. The summed E-state index contributed by atoms with van der Waals surface area (Å²) >= 11 is 0. The van der Waals surface area contributed by atoms with Crippen LogP contribution in [-0.4, -0.2) is 29.3 Å². The van der Waals surface area contributed by atoms with E-state index in [2.05, 4.69) is 11.8 Å². The average Bonchev–Trinajstić information content (AvgIpc) is 3.19. The zero-order valence-electron chi connectivity index (χ0n) is 11.0. The lowest BCUT2D eigenvalue weighted by Gasteiger charge is -2.27. The van der Waals surface area contributed by atoms with Crippen molar-refractivity contribution in [3.8, 4) is 0 Å². The van der Waals surface area contributed by atoms with E-state index in [1.807, 2.05) is 6.92 Å². The van der Waals surface area contributed by atoms with Gasteiger partial charge in [0.15, 0.2) is 5.78 Å². The standard InChI is InChI=1S/C15H20FNO/c1-3-10-17(14-8-9-14)11(2)15(18)12-4-6-13(16)7-5-12/h4-7,11,14H,3,8-10H2,1-2H3. The van der Waals surface area contributed by atoms with Crippen LogP contribution in [0.25, 0.3) is 0 Å². The minimum atomic E-state index is -0.299. The Labute approximate surface area is 108 Å². The highest BCUT2D eigenvalue weighted by molar-refractivity contribution is 5.99. The molecule has 98 valence electrons. The maximum Gasteiger partial charge on any atom is 0.179 e. The minimum Gasteiger partial charge on any atom is -0.292 e. The molecule has 18 heavy (non-hydrogen) atoms. The molecule has 2 nitrogen and oxygen atoms in total. The van der Waals surface area contributed by atoms with E-state index in [1.165, 1.54) is 25.0 Å². The fraction of sp³-hybridized carbons (Fsp3) is 0.533. The molecule has 1 aliphatic rings. The van der Waals surface area contributed by atoms with E-state index in [0.29, 0.717) is 11.6 Å². The smallest absolute Gasteiger partial charge is 0.179 e. The fourth-order valence-corrected chi connectivity index (χ4v) is 2.36. The quantitative estimate of drug-likeness (QED) is 0.721. The summed E-state index contributed by atoms with van der Waals surface area (Å²) in [5.41, 5.74) is 0.602. The number of hydrogen-bond acceptors (Lipinski definition) is 2. The normalized spacial score (nSPS) is 16.9. The van der Waals surface area contributed by atoms with Crippen LogP contribution < -0.4 is 0 Å². The molecule has 3 heteroatoms. The van der Waals surface area contributed by atoms with E-state index < -0.39 is 0 Å². The van der Waals surface area contributed by atoms with Crippen LogP contribution in [0.5, 0.6) is 0 Å². The molecule has 0 spiro atoms. The average molecular weight is 249 g/mol. The van der Waals surface area contributed by atoms with Crippen LogP contribution in [0.4, 0.5) is 4.39 Å². The first kappa shape index (κ1) is 13.2. The number of benzene rings is 1. The second-order valence-electron chi connectivity index (χ2n) is 5.02. The molecule has 1 aromatic rings. The molecule has 1 atom stereocenters. The Morgan fingerprint density at radius 1 is 1.39 bits per heavy atom. The van der Waals surface area contributed by atoms with Gasteiger partial charge in [-0.05, 0) is 57.0 Å². The number of Topliss-reactive ketones (excluding diaryl/α,β-unsaturated/α-hetero) is 1. The number of halogens is 1. The van der Waals surface area contributed by atoms with Crippen LogP contribution in [0, 0.1) is 5.82 Å². The molecule has 0 aliphatic heterocycles. The number of carbonyl (C=O) groups is 1. The largest absolute Gasteiger partial charge is 0.292 e. The summed E-state index contributed by atoms with van der Waals surface area (Å²) in [5, 5.41) is 0. The number of rotatable bonds is 6. The Bertz CT molecular complexity index is 411. The van der Waals surface area contributed by atoms with Crippen LogP contribution in [-0.2, 0) is 0 Å². The summed E-state index contributed by atoms with van der Waals surface area (Å²) in [6, 6.07) is 6.31. The van der Waals surface area contributed by atoms with E-state index in [0.717, 1.165) is 13.0 Å². The summed E-state index contributed by atoms with van der Waals surface area (Å²) in [4.78, 5) is 14.6. The molecule has 1 aliphatic carbocycles. The second-order valence-corrected chi connectivity index (χ2v) is 5.02. The SMILES string of the molecule is CCCN(C1CC1)C(C)C(=O)c1ccc(F)cc1. The fourth-order valence-electron chi connectivity index (χ4n) is 2.36. The molecular formula is C15H20FNO. The first-order valence-electron chi connectivity index (χ1n) is 6.69. The molecule has 1 unspecified atom stereocenters. The van der Waals surface area contributed by atoms with Gasteiger partial charge in [0, 0.05) is 11.6 Å². The zero-order valence-corrected chi connectivity index (χ0v) is 11.0. The van der Waals surface area contributed by atoms with Crippen molar-refractivity contribution in [1.82, 2.24) is 4.90 Å². The van der Waals surface area contributed by atoms with E-state index in [-0.39, 0.29) is 17.6 Å². The lowest BCUT2D eigenvalue weighted by Crippen LogP contribution is -2.41. The van der Waals surface area contributed by atoms with Crippen LogP contribution >= 0.6 is 0 Å². The summed E-state index contributed by atoms with van der Waals surface area (Å²) in [5.74, 6) is -0.206. The number of carbonyl (C=O) groups excluding carboxylic acids is 1. The highest BCUT2D eigenvalue weighted by atomic mass is 19.1. The van der Waals surface area contributed by atoms with Gasteiger partial charge in [-0.1, -0.05) is 6.92 Å². The molecule has 0 bridgehead atoms. The highest BCUT2D eigenvalue weighted by Gasteiger charge is 2.34. The predicted molar refractivity (Wildman–Crippen MR) is 70.2 cm³/mol.